The Bertz CT molecular complexity index is 1160. The van der Waals surface area contributed by atoms with Crippen LogP contribution in [0.1, 0.15) is 56.0 Å². The van der Waals surface area contributed by atoms with Gasteiger partial charge in [0.15, 0.2) is 0 Å². The molecule has 1 atom stereocenters. The van der Waals surface area contributed by atoms with E-state index < -0.39 is 0 Å². The smallest absolute Gasteiger partial charge is 0.282 e. The summed E-state index contributed by atoms with van der Waals surface area (Å²) in [5, 5.41) is 5.17. The molecule has 2 aromatic carbocycles. The number of fused-ring (bicyclic) bond motifs is 1. The molecule has 0 bridgehead atoms. The van der Waals surface area contributed by atoms with E-state index in [-0.39, 0.29) is 11.5 Å². The van der Waals surface area contributed by atoms with Crippen molar-refractivity contribution in [2.45, 2.75) is 46.0 Å². The monoisotopic (exact) mass is 466 g/mol. The summed E-state index contributed by atoms with van der Waals surface area (Å²) in [6, 6.07) is 12.0. The minimum Gasteiger partial charge on any atom is -0.372 e. The highest BCUT2D eigenvalue weighted by Crippen LogP contribution is 2.23. The van der Waals surface area contributed by atoms with Crippen molar-refractivity contribution in [2.24, 2.45) is 5.10 Å². The number of rotatable bonds is 5. The molecule has 1 aliphatic heterocycles. The van der Waals surface area contributed by atoms with Crippen LogP contribution in [0.5, 0.6) is 0 Å². The van der Waals surface area contributed by atoms with Gasteiger partial charge in [0.05, 0.1) is 17.1 Å². The topological polar surface area (TPSA) is 50.5 Å². The fourth-order valence-electron chi connectivity index (χ4n) is 3.88. The van der Waals surface area contributed by atoms with Crippen LogP contribution in [0.25, 0.3) is 10.9 Å². The number of hydrogen-bond donors (Lipinski definition) is 0. The van der Waals surface area contributed by atoms with Crippen molar-refractivity contribution < 1.29 is 0 Å². The molecular weight excluding hydrogens is 440 g/mol. The summed E-state index contributed by atoms with van der Waals surface area (Å²) in [4.78, 5) is 20.4. The van der Waals surface area contributed by atoms with E-state index in [4.69, 9.17) is 4.98 Å². The van der Waals surface area contributed by atoms with Crippen molar-refractivity contribution >= 4 is 38.7 Å². The zero-order valence-corrected chi connectivity index (χ0v) is 19.3. The normalized spacial score (nSPS) is 15.4. The van der Waals surface area contributed by atoms with Crippen molar-refractivity contribution in [2.75, 3.05) is 18.0 Å². The summed E-state index contributed by atoms with van der Waals surface area (Å²) >= 11 is 3.45. The molecule has 1 aromatic heterocycles. The van der Waals surface area contributed by atoms with E-state index in [2.05, 4.69) is 64.9 Å². The summed E-state index contributed by atoms with van der Waals surface area (Å²) in [6.45, 7) is 8.51. The lowest BCUT2D eigenvalue weighted by Gasteiger charge is -2.18. The predicted molar refractivity (Wildman–Crippen MR) is 128 cm³/mol. The third kappa shape index (κ3) is 4.06. The fraction of sp³-hybridized carbons (Fsp3) is 0.375. The van der Waals surface area contributed by atoms with Gasteiger partial charge >= 0.3 is 0 Å². The van der Waals surface area contributed by atoms with E-state index in [0.717, 1.165) is 35.1 Å². The Kier molecular flexibility index (Phi) is 6.04. The Morgan fingerprint density at radius 2 is 1.97 bits per heavy atom. The van der Waals surface area contributed by atoms with Gasteiger partial charge in [-0.1, -0.05) is 35.8 Å². The lowest BCUT2D eigenvalue weighted by Crippen LogP contribution is -2.23. The molecule has 30 heavy (non-hydrogen) atoms. The molecule has 0 saturated carbocycles. The molecule has 156 valence electrons. The first kappa shape index (κ1) is 20.8. The molecule has 0 amide bonds. The van der Waals surface area contributed by atoms with Gasteiger partial charge < -0.3 is 4.90 Å². The van der Waals surface area contributed by atoms with Gasteiger partial charge in [-0.25, -0.2) is 4.98 Å². The maximum absolute atomic E-state index is 13.2. The van der Waals surface area contributed by atoms with Gasteiger partial charge in [-0.2, -0.15) is 9.78 Å². The minimum atomic E-state index is -0.140. The standard InChI is InChI=1S/C24H27BrN4O/c1-4-16(2)23-27-22-10-8-19(25)14-21(22)24(30)29(23)26-15-18-7-9-20(13-17(18)3)28-11-5-6-12-28/h7-10,13-16H,4-6,11-12H2,1-3H3/t16-/m0/s1. The van der Waals surface area contributed by atoms with Crippen LogP contribution in [0.4, 0.5) is 5.69 Å². The minimum absolute atomic E-state index is 0.126. The van der Waals surface area contributed by atoms with Crippen LogP contribution >= 0.6 is 15.9 Å². The van der Waals surface area contributed by atoms with E-state index in [1.807, 2.05) is 18.2 Å². The Morgan fingerprint density at radius 1 is 1.20 bits per heavy atom. The van der Waals surface area contributed by atoms with Gasteiger partial charge in [-0.05, 0) is 67.6 Å². The van der Waals surface area contributed by atoms with Gasteiger partial charge in [-0.15, -0.1) is 0 Å². The van der Waals surface area contributed by atoms with Crippen LogP contribution < -0.4 is 10.5 Å². The van der Waals surface area contributed by atoms with Crippen molar-refractivity contribution in [1.82, 2.24) is 9.66 Å². The first-order chi connectivity index (χ1) is 14.5. The second-order valence-electron chi connectivity index (χ2n) is 8.04. The summed E-state index contributed by atoms with van der Waals surface area (Å²) in [5.41, 5.74) is 3.99. The van der Waals surface area contributed by atoms with Crippen molar-refractivity contribution in [1.29, 1.82) is 0 Å². The highest BCUT2D eigenvalue weighted by molar-refractivity contribution is 9.10. The largest absolute Gasteiger partial charge is 0.372 e. The average molecular weight is 467 g/mol. The Labute approximate surface area is 185 Å². The van der Waals surface area contributed by atoms with Crippen molar-refractivity contribution in [3.05, 3.63) is 68.2 Å². The molecule has 0 radical (unpaired) electrons. The molecule has 1 aliphatic rings. The molecule has 0 N–H and O–H groups in total. The molecule has 3 aromatic rings. The molecule has 0 spiro atoms. The number of benzene rings is 2. The molecule has 0 unspecified atom stereocenters. The zero-order valence-electron chi connectivity index (χ0n) is 17.7. The van der Waals surface area contributed by atoms with Gasteiger partial charge in [0.2, 0.25) is 0 Å². The fourth-order valence-corrected chi connectivity index (χ4v) is 4.24. The van der Waals surface area contributed by atoms with Gasteiger partial charge in [-0.3, -0.25) is 4.79 Å². The zero-order chi connectivity index (χ0) is 21.3. The predicted octanol–water partition coefficient (Wildman–Crippen LogP) is 5.46. The van der Waals surface area contributed by atoms with E-state index in [0.29, 0.717) is 16.7 Å². The average Bonchev–Trinajstić information content (AvgIpc) is 3.28. The van der Waals surface area contributed by atoms with Crippen LogP contribution in [0.15, 0.2) is 50.8 Å². The maximum Gasteiger partial charge on any atom is 0.282 e. The van der Waals surface area contributed by atoms with Crippen LogP contribution in [-0.4, -0.2) is 29.0 Å². The van der Waals surface area contributed by atoms with Crippen molar-refractivity contribution in [3.63, 3.8) is 0 Å². The molecule has 6 heteroatoms. The van der Waals surface area contributed by atoms with E-state index >= 15 is 0 Å². The van der Waals surface area contributed by atoms with E-state index in [1.54, 1.807) is 6.21 Å². The van der Waals surface area contributed by atoms with E-state index in [9.17, 15) is 4.79 Å². The lowest BCUT2D eigenvalue weighted by molar-refractivity contribution is 0.613. The lowest BCUT2D eigenvalue weighted by atomic mass is 10.1. The summed E-state index contributed by atoms with van der Waals surface area (Å²) < 4.78 is 2.32. The third-order valence-corrected chi connectivity index (χ3v) is 6.42. The summed E-state index contributed by atoms with van der Waals surface area (Å²) in [5.74, 6) is 0.821. The van der Waals surface area contributed by atoms with E-state index in [1.165, 1.54) is 23.2 Å². The second-order valence-corrected chi connectivity index (χ2v) is 8.95. The molecule has 2 heterocycles. The molecule has 0 aliphatic carbocycles. The number of aryl methyl sites for hydroxylation is 1. The number of halogens is 1. The highest BCUT2D eigenvalue weighted by Gasteiger charge is 2.16. The van der Waals surface area contributed by atoms with Crippen LogP contribution in [-0.2, 0) is 0 Å². The number of aromatic nitrogens is 2. The number of hydrogen-bond acceptors (Lipinski definition) is 4. The first-order valence-electron chi connectivity index (χ1n) is 10.6. The highest BCUT2D eigenvalue weighted by atomic mass is 79.9. The maximum atomic E-state index is 13.2. The first-order valence-corrected chi connectivity index (χ1v) is 11.4. The molecule has 1 fully saturated rings. The quantitative estimate of drug-likeness (QED) is 0.468. The molecule has 1 saturated heterocycles. The Balaban J connectivity index is 1.76. The Morgan fingerprint density at radius 3 is 2.67 bits per heavy atom. The van der Waals surface area contributed by atoms with Gasteiger partial charge in [0.1, 0.15) is 5.82 Å². The molecule has 4 rings (SSSR count). The van der Waals surface area contributed by atoms with Crippen LogP contribution in [0.2, 0.25) is 0 Å². The van der Waals surface area contributed by atoms with Crippen LogP contribution in [0.3, 0.4) is 0 Å². The van der Waals surface area contributed by atoms with Crippen molar-refractivity contribution in [3.8, 4) is 0 Å². The Hall–Kier alpha value is -2.47. The SMILES string of the molecule is CC[C@H](C)c1nc2ccc(Br)cc2c(=O)n1N=Cc1ccc(N2CCCC2)cc1C. The molecule has 5 nitrogen and oxygen atoms in total. The van der Waals surface area contributed by atoms with Gasteiger partial charge in [0.25, 0.3) is 5.56 Å². The van der Waals surface area contributed by atoms with Gasteiger partial charge in [0, 0.05) is 29.2 Å². The third-order valence-electron chi connectivity index (χ3n) is 5.92. The summed E-state index contributed by atoms with van der Waals surface area (Å²) in [7, 11) is 0. The summed E-state index contributed by atoms with van der Waals surface area (Å²) in [6.07, 6.45) is 5.18. The van der Waals surface area contributed by atoms with Crippen LogP contribution in [0, 0.1) is 6.92 Å². The molecular formula is C24H27BrN4O. The number of anilines is 1. The number of nitrogens with zero attached hydrogens (tertiary/aromatic N) is 4. The second kappa shape index (κ2) is 8.72.